The van der Waals surface area contributed by atoms with Crippen molar-refractivity contribution in [2.45, 2.75) is 13.8 Å². The van der Waals surface area contributed by atoms with E-state index in [1.165, 1.54) is 4.31 Å². The maximum atomic E-state index is 12.0. The first-order chi connectivity index (χ1) is 7.53. The summed E-state index contributed by atoms with van der Waals surface area (Å²) in [5.41, 5.74) is 7.00. The summed E-state index contributed by atoms with van der Waals surface area (Å²) >= 11 is 0. The molecule has 0 amide bonds. The Labute approximate surface area is 97.1 Å². The van der Waals surface area contributed by atoms with Gasteiger partial charge in [-0.15, -0.1) is 0 Å². The van der Waals surface area contributed by atoms with Crippen LogP contribution in [0, 0.1) is 6.92 Å². The lowest BCUT2D eigenvalue weighted by molar-refractivity contribution is 0.591. The van der Waals surface area contributed by atoms with Crippen LogP contribution in [0.5, 0.6) is 0 Å². The van der Waals surface area contributed by atoms with Gasteiger partial charge in [0.2, 0.25) is 10.0 Å². The Balaban J connectivity index is 3.14. The minimum absolute atomic E-state index is 0.0187. The number of rotatable bonds is 5. The van der Waals surface area contributed by atoms with E-state index in [4.69, 9.17) is 5.73 Å². The van der Waals surface area contributed by atoms with Crippen LogP contribution in [-0.2, 0) is 10.0 Å². The maximum Gasteiger partial charge on any atom is 0.236 e. The largest absolute Gasteiger partial charge is 0.329 e. The summed E-state index contributed by atoms with van der Waals surface area (Å²) in [5.74, 6) is -0.0187. The zero-order valence-corrected chi connectivity index (χ0v) is 10.5. The molecule has 0 atom stereocenters. The van der Waals surface area contributed by atoms with Gasteiger partial charge in [-0.3, -0.25) is 4.31 Å². The number of para-hydroxylation sites is 1. The van der Waals surface area contributed by atoms with Crippen molar-refractivity contribution in [3.63, 3.8) is 0 Å². The molecule has 0 saturated heterocycles. The van der Waals surface area contributed by atoms with Gasteiger partial charge >= 0.3 is 0 Å². The van der Waals surface area contributed by atoms with Gasteiger partial charge < -0.3 is 5.73 Å². The summed E-state index contributed by atoms with van der Waals surface area (Å²) in [5, 5.41) is 0. The Morgan fingerprint density at radius 2 is 1.94 bits per heavy atom. The second-order valence-corrected chi connectivity index (χ2v) is 5.57. The average Bonchev–Trinajstić information content (AvgIpc) is 2.21. The van der Waals surface area contributed by atoms with Gasteiger partial charge in [-0.25, -0.2) is 8.42 Å². The van der Waals surface area contributed by atoms with E-state index in [1.807, 2.05) is 38.1 Å². The van der Waals surface area contributed by atoms with E-state index in [0.29, 0.717) is 6.54 Å². The van der Waals surface area contributed by atoms with Gasteiger partial charge in [-0.1, -0.05) is 18.2 Å². The van der Waals surface area contributed by atoms with E-state index >= 15 is 0 Å². The van der Waals surface area contributed by atoms with Crippen molar-refractivity contribution in [1.82, 2.24) is 0 Å². The fraction of sp³-hybridized carbons (Fsp3) is 0.455. The Hall–Kier alpha value is -1.07. The summed E-state index contributed by atoms with van der Waals surface area (Å²) in [6.07, 6.45) is 0. The number of hydrogen-bond acceptors (Lipinski definition) is 3. The van der Waals surface area contributed by atoms with Gasteiger partial charge in [0.1, 0.15) is 0 Å². The van der Waals surface area contributed by atoms with Crippen LogP contribution in [0.1, 0.15) is 12.5 Å². The molecule has 0 bridgehead atoms. The topological polar surface area (TPSA) is 63.4 Å². The third-order valence-electron chi connectivity index (χ3n) is 2.38. The second kappa shape index (κ2) is 5.32. The molecule has 0 fully saturated rings. The fourth-order valence-corrected chi connectivity index (χ4v) is 3.04. The molecule has 0 aliphatic rings. The van der Waals surface area contributed by atoms with E-state index in [2.05, 4.69) is 0 Å². The molecule has 0 spiro atoms. The summed E-state index contributed by atoms with van der Waals surface area (Å²) in [4.78, 5) is 0. The van der Waals surface area contributed by atoms with E-state index in [0.717, 1.165) is 11.3 Å². The highest BCUT2D eigenvalue weighted by molar-refractivity contribution is 7.92. The average molecular weight is 242 g/mol. The van der Waals surface area contributed by atoms with Gasteiger partial charge in [0.25, 0.3) is 0 Å². The number of aryl methyl sites for hydroxylation is 1. The fourth-order valence-electron chi connectivity index (χ4n) is 1.62. The van der Waals surface area contributed by atoms with Gasteiger partial charge in [0.05, 0.1) is 11.4 Å². The Morgan fingerprint density at radius 3 is 2.44 bits per heavy atom. The molecule has 0 aliphatic carbocycles. The zero-order valence-electron chi connectivity index (χ0n) is 9.68. The molecule has 90 valence electrons. The van der Waals surface area contributed by atoms with Crippen molar-refractivity contribution in [3.05, 3.63) is 29.8 Å². The molecule has 16 heavy (non-hydrogen) atoms. The van der Waals surface area contributed by atoms with Gasteiger partial charge in [0.15, 0.2) is 0 Å². The van der Waals surface area contributed by atoms with Crippen LogP contribution in [0.4, 0.5) is 5.69 Å². The van der Waals surface area contributed by atoms with E-state index < -0.39 is 10.0 Å². The van der Waals surface area contributed by atoms with Gasteiger partial charge in [0, 0.05) is 13.1 Å². The summed E-state index contributed by atoms with van der Waals surface area (Å²) in [6.45, 7) is 4.29. The molecule has 4 nitrogen and oxygen atoms in total. The molecular formula is C11H18N2O2S. The molecule has 1 aromatic rings. The molecule has 0 aromatic heterocycles. The predicted molar refractivity (Wildman–Crippen MR) is 67.0 cm³/mol. The Morgan fingerprint density at radius 1 is 1.31 bits per heavy atom. The molecule has 0 saturated carbocycles. The minimum atomic E-state index is -3.29. The first-order valence-corrected chi connectivity index (χ1v) is 6.90. The van der Waals surface area contributed by atoms with Crippen molar-refractivity contribution in [3.8, 4) is 0 Å². The van der Waals surface area contributed by atoms with Crippen LogP contribution < -0.4 is 10.0 Å². The van der Waals surface area contributed by atoms with Crippen molar-refractivity contribution < 1.29 is 8.42 Å². The highest BCUT2D eigenvalue weighted by atomic mass is 32.2. The first kappa shape index (κ1) is 13.0. The highest BCUT2D eigenvalue weighted by Crippen LogP contribution is 2.22. The molecule has 1 aromatic carbocycles. The Bertz CT molecular complexity index is 443. The van der Waals surface area contributed by atoms with Crippen LogP contribution in [0.3, 0.4) is 0 Å². The van der Waals surface area contributed by atoms with Gasteiger partial charge in [-0.05, 0) is 25.5 Å². The SMILES string of the molecule is CCN(c1ccccc1C)S(=O)(=O)CCN. The quantitative estimate of drug-likeness (QED) is 0.841. The van der Waals surface area contributed by atoms with Crippen LogP contribution in [0.15, 0.2) is 24.3 Å². The highest BCUT2D eigenvalue weighted by Gasteiger charge is 2.20. The standard InChI is InChI=1S/C11H18N2O2S/c1-3-13(16(14,15)9-8-12)11-7-5-4-6-10(11)2/h4-7H,3,8-9,12H2,1-2H3. The third-order valence-corrected chi connectivity index (χ3v) is 4.26. The number of anilines is 1. The van der Waals surface area contributed by atoms with Crippen molar-refractivity contribution >= 4 is 15.7 Å². The van der Waals surface area contributed by atoms with Crippen molar-refractivity contribution in [2.24, 2.45) is 5.73 Å². The number of nitrogens with two attached hydrogens (primary N) is 1. The van der Waals surface area contributed by atoms with E-state index in [-0.39, 0.29) is 12.3 Å². The molecule has 2 N–H and O–H groups in total. The van der Waals surface area contributed by atoms with Crippen LogP contribution in [-0.4, -0.2) is 27.3 Å². The number of sulfonamides is 1. The predicted octanol–water partition coefficient (Wildman–Crippen LogP) is 1.11. The summed E-state index contributed by atoms with van der Waals surface area (Å²) < 4.78 is 25.3. The lowest BCUT2D eigenvalue weighted by atomic mass is 10.2. The van der Waals surface area contributed by atoms with E-state index in [9.17, 15) is 8.42 Å². The van der Waals surface area contributed by atoms with Crippen LogP contribution in [0.2, 0.25) is 0 Å². The molecule has 1 rings (SSSR count). The summed E-state index contributed by atoms with van der Waals surface area (Å²) in [7, 11) is -3.29. The third kappa shape index (κ3) is 2.74. The molecule has 5 heteroatoms. The number of hydrogen-bond donors (Lipinski definition) is 1. The normalized spacial score (nSPS) is 11.4. The van der Waals surface area contributed by atoms with Crippen LogP contribution >= 0.6 is 0 Å². The lowest BCUT2D eigenvalue weighted by Crippen LogP contribution is -2.35. The number of nitrogens with zero attached hydrogens (tertiary/aromatic N) is 1. The number of benzene rings is 1. The van der Waals surface area contributed by atoms with Gasteiger partial charge in [-0.2, -0.15) is 0 Å². The first-order valence-electron chi connectivity index (χ1n) is 5.29. The molecule has 0 radical (unpaired) electrons. The lowest BCUT2D eigenvalue weighted by Gasteiger charge is -2.24. The van der Waals surface area contributed by atoms with E-state index in [1.54, 1.807) is 0 Å². The monoisotopic (exact) mass is 242 g/mol. The Kier molecular flexibility index (Phi) is 4.32. The molecule has 0 unspecified atom stereocenters. The maximum absolute atomic E-state index is 12.0. The second-order valence-electron chi connectivity index (χ2n) is 3.56. The summed E-state index contributed by atoms with van der Waals surface area (Å²) in [6, 6.07) is 7.44. The van der Waals surface area contributed by atoms with Crippen molar-refractivity contribution in [2.75, 3.05) is 23.1 Å². The molecule has 0 heterocycles. The minimum Gasteiger partial charge on any atom is -0.329 e. The molecular weight excluding hydrogens is 224 g/mol. The van der Waals surface area contributed by atoms with Crippen LogP contribution in [0.25, 0.3) is 0 Å². The molecule has 0 aliphatic heterocycles. The zero-order chi connectivity index (χ0) is 12.2. The smallest absolute Gasteiger partial charge is 0.236 e. The van der Waals surface area contributed by atoms with Crippen molar-refractivity contribution in [1.29, 1.82) is 0 Å².